The molecular weight excluding hydrogens is 266 g/mol. The van der Waals surface area contributed by atoms with Gasteiger partial charge in [-0.1, -0.05) is 41.5 Å². The molecule has 0 radical (unpaired) electrons. The summed E-state index contributed by atoms with van der Waals surface area (Å²) in [5.74, 6) is 0.422. The molecule has 0 saturated heterocycles. The van der Waals surface area contributed by atoms with Gasteiger partial charge in [0, 0.05) is 23.7 Å². The van der Waals surface area contributed by atoms with E-state index in [1.54, 1.807) is 11.8 Å². The Balaban J connectivity index is 3.67. The van der Waals surface area contributed by atoms with Gasteiger partial charge < -0.3 is 5.11 Å². The van der Waals surface area contributed by atoms with Gasteiger partial charge in [-0.25, -0.2) is 0 Å². The lowest BCUT2D eigenvalue weighted by molar-refractivity contribution is 0.423. The predicted molar refractivity (Wildman–Crippen MR) is 91.5 cm³/mol. The predicted octanol–water partition coefficient (Wildman–Crippen LogP) is 4.73. The molecule has 0 fully saturated rings. The van der Waals surface area contributed by atoms with Crippen LogP contribution in [0, 0.1) is 0 Å². The number of phenols is 1. The molecule has 0 saturated carbocycles. The Morgan fingerprint density at radius 1 is 1.00 bits per heavy atom. The highest BCUT2D eigenvalue weighted by Crippen LogP contribution is 2.40. The largest absolute Gasteiger partial charge is 0.507 e. The number of aromatic hydroxyl groups is 1. The van der Waals surface area contributed by atoms with Gasteiger partial charge in [-0.3, -0.25) is 4.99 Å². The molecule has 0 amide bonds. The number of thioether (sulfide) groups is 1. The first-order chi connectivity index (χ1) is 9.02. The molecule has 1 N–H and O–H groups in total. The molecule has 20 heavy (non-hydrogen) atoms. The summed E-state index contributed by atoms with van der Waals surface area (Å²) in [5.41, 5.74) is 2.85. The third kappa shape index (κ3) is 3.57. The van der Waals surface area contributed by atoms with E-state index in [0.29, 0.717) is 5.75 Å². The van der Waals surface area contributed by atoms with Gasteiger partial charge in [0.1, 0.15) is 5.75 Å². The fraction of sp³-hybridized carbons (Fsp3) is 0.588. The Labute approximate surface area is 127 Å². The van der Waals surface area contributed by atoms with Gasteiger partial charge in [0.05, 0.1) is 5.04 Å². The van der Waals surface area contributed by atoms with E-state index in [0.717, 1.165) is 21.7 Å². The second-order valence-electron chi connectivity index (χ2n) is 7.15. The minimum Gasteiger partial charge on any atom is -0.507 e. The van der Waals surface area contributed by atoms with Crippen molar-refractivity contribution in [2.24, 2.45) is 4.99 Å². The summed E-state index contributed by atoms with van der Waals surface area (Å²) >= 11 is 1.64. The first-order valence-electron chi connectivity index (χ1n) is 6.91. The number of benzene rings is 1. The van der Waals surface area contributed by atoms with Crippen LogP contribution in [0.5, 0.6) is 5.75 Å². The zero-order chi connectivity index (χ0) is 15.7. The lowest BCUT2D eigenvalue weighted by Gasteiger charge is -2.28. The van der Waals surface area contributed by atoms with Crippen LogP contribution in [0.1, 0.15) is 58.2 Å². The van der Waals surface area contributed by atoms with Crippen molar-refractivity contribution < 1.29 is 5.11 Å². The van der Waals surface area contributed by atoms with E-state index in [1.165, 1.54) is 0 Å². The van der Waals surface area contributed by atoms with Crippen molar-refractivity contribution in [3.05, 3.63) is 28.8 Å². The van der Waals surface area contributed by atoms with Crippen molar-refractivity contribution in [3.8, 4) is 5.75 Å². The minimum absolute atomic E-state index is 0.0998. The molecule has 2 nitrogen and oxygen atoms in total. The van der Waals surface area contributed by atoms with E-state index >= 15 is 0 Å². The smallest absolute Gasteiger partial charge is 0.123 e. The summed E-state index contributed by atoms with van der Waals surface area (Å²) in [5, 5.41) is 11.7. The lowest BCUT2D eigenvalue weighted by Crippen LogP contribution is -2.18. The van der Waals surface area contributed by atoms with E-state index < -0.39 is 0 Å². The first-order valence-corrected chi connectivity index (χ1v) is 8.14. The minimum atomic E-state index is -0.0998. The highest BCUT2D eigenvalue weighted by Gasteiger charge is 2.27. The molecule has 1 aromatic carbocycles. The van der Waals surface area contributed by atoms with Crippen molar-refractivity contribution in [2.45, 2.75) is 52.4 Å². The van der Waals surface area contributed by atoms with Gasteiger partial charge in [-0.05, 0) is 29.2 Å². The molecule has 0 bridgehead atoms. The molecule has 112 valence electrons. The summed E-state index contributed by atoms with van der Waals surface area (Å²) in [6.07, 6.45) is 2.03. The van der Waals surface area contributed by atoms with Gasteiger partial charge in [0.2, 0.25) is 0 Å². The number of rotatable bonds is 1. The molecule has 0 aromatic heterocycles. The van der Waals surface area contributed by atoms with Crippen LogP contribution in [0.2, 0.25) is 0 Å². The first kappa shape index (κ1) is 17.1. The van der Waals surface area contributed by atoms with Crippen LogP contribution in [-0.4, -0.2) is 23.5 Å². The van der Waals surface area contributed by atoms with E-state index in [1.807, 2.05) is 13.3 Å². The fourth-order valence-electron chi connectivity index (χ4n) is 2.24. The van der Waals surface area contributed by atoms with Crippen LogP contribution >= 0.6 is 11.8 Å². The van der Waals surface area contributed by atoms with Gasteiger partial charge in [0.15, 0.2) is 0 Å². The maximum absolute atomic E-state index is 10.7. The van der Waals surface area contributed by atoms with E-state index in [4.69, 9.17) is 0 Å². The average molecular weight is 293 g/mol. The standard InChI is InChI=1S/C17H27NOS/c1-16(2,3)12-9-11(15(18-7)20-8)10-13(14(12)19)17(4,5)6/h9-10,19H,1-8H3. The molecular formula is C17H27NOS. The quantitative estimate of drug-likeness (QED) is 0.600. The number of nitrogens with zero attached hydrogens (tertiary/aromatic N) is 1. The molecule has 1 rings (SSSR count). The van der Waals surface area contributed by atoms with Crippen molar-refractivity contribution >= 4 is 16.8 Å². The van der Waals surface area contributed by atoms with E-state index in [2.05, 4.69) is 58.7 Å². The van der Waals surface area contributed by atoms with Gasteiger partial charge >= 0.3 is 0 Å². The molecule has 1 aromatic rings. The highest BCUT2D eigenvalue weighted by molar-refractivity contribution is 8.13. The normalized spacial score (nSPS) is 13.7. The fourth-order valence-corrected chi connectivity index (χ4v) is 2.78. The second kappa shape index (κ2) is 5.80. The van der Waals surface area contributed by atoms with Crippen LogP contribution in [0.3, 0.4) is 0 Å². The SMILES string of the molecule is CN=C(SC)c1cc(C(C)(C)C)c(O)c(C(C)(C)C)c1. The molecule has 0 aliphatic rings. The molecule has 0 spiro atoms. The van der Waals surface area contributed by atoms with Crippen LogP contribution in [0.15, 0.2) is 17.1 Å². The molecule has 0 heterocycles. The van der Waals surface area contributed by atoms with Crippen LogP contribution in [0.4, 0.5) is 0 Å². The van der Waals surface area contributed by atoms with Crippen LogP contribution < -0.4 is 0 Å². The van der Waals surface area contributed by atoms with Gasteiger partial charge in [-0.2, -0.15) is 0 Å². The van der Waals surface area contributed by atoms with Crippen molar-refractivity contribution in [2.75, 3.05) is 13.3 Å². The summed E-state index contributed by atoms with van der Waals surface area (Å²) in [6.45, 7) is 12.8. The summed E-state index contributed by atoms with van der Waals surface area (Å²) in [6, 6.07) is 4.15. The highest BCUT2D eigenvalue weighted by atomic mass is 32.2. The maximum atomic E-state index is 10.7. The van der Waals surface area contributed by atoms with Gasteiger partial charge in [-0.15, -0.1) is 11.8 Å². The maximum Gasteiger partial charge on any atom is 0.123 e. The number of aliphatic imine (C=N–C) groups is 1. The zero-order valence-corrected chi connectivity index (χ0v) is 14.8. The molecule has 0 atom stereocenters. The van der Waals surface area contributed by atoms with E-state index in [-0.39, 0.29) is 10.8 Å². The molecule has 0 aliphatic carbocycles. The summed E-state index contributed by atoms with van der Waals surface area (Å²) in [4.78, 5) is 4.35. The Bertz CT molecular complexity index is 484. The van der Waals surface area contributed by atoms with Crippen LogP contribution in [0.25, 0.3) is 0 Å². The average Bonchev–Trinajstić information content (AvgIpc) is 2.29. The summed E-state index contributed by atoms with van der Waals surface area (Å²) in [7, 11) is 1.81. The van der Waals surface area contributed by atoms with Crippen molar-refractivity contribution in [1.29, 1.82) is 0 Å². The molecule has 3 heteroatoms. The Hall–Kier alpha value is -0.960. The zero-order valence-electron chi connectivity index (χ0n) is 14.0. The summed E-state index contributed by atoms with van der Waals surface area (Å²) < 4.78 is 0. The monoisotopic (exact) mass is 293 g/mol. The Morgan fingerprint density at radius 2 is 1.40 bits per heavy atom. The van der Waals surface area contributed by atoms with Gasteiger partial charge in [0.25, 0.3) is 0 Å². The molecule has 0 aliphatic heterocycles. The number of hydrogen-bond acceptors (Lipinski definition) is 3. The number of phenolic OH excluding ortho intramolecular Hbond substituents is 1. The Morgan fingerprint density at radius 3 is 1.65 bits per heavy atom. The molecule has 0 unspecified atom stereocenters. The third-order valence-electron chi connectivity index (χ3n) is 3.37. The lowest BCUT2D eigenvalue weighted by atomic mass is 9.78. The topological polar surface area (TPSA) is 32.6 Å². The number of hydrogen-bond donors (Lipinski definition) is 1. The van der Waals surface area contributed by atoms with Crippen molar-refractivity contribution in [3.63, 3.8) is 0 Å². The Kier molecular flexibility index (Phi) is 4.96. The third-order valence-corrected chi connectivity index (χ3v) is 4.17. The van der Waals surface area contributed by atoms with Crippen LogP contribution in [-0.2, 0) is 10.8 Å². The second-order valence-corrected chi connectivity index (χ2v) is 7.95. The van der Waals surface area contributed by atoms with Crippen molar-refractivity contribution in [1.82, 2.24) is 0 Å². The van der Waals surface area contributed by atoms with E-state index in [9.17, 15) is 5.11 Å².